The second-order valence-corrected chi connectivity index (χ2v) is 5.96. The van der Waals surface area contributed by atoms with E-state index >= 15 is 0 Å². The third-order valence-electron chi connectivity index (χ3n) is 2.69. The molecule has 0 unspecified atom stereocenters. The van der Waals surface area contributed by atoms with Gasteiger partial charge in [0.1, 0.15) is 9.84 Å². The van der Waals surface area contributed by atoms with Crippen molar-refractivity contribution in [1.82, 2.24) is 5.32 Å². The highest BCUT2D eigenvalue weighted by atomic mass is 32.2. The van der Waals surface area contributed by atoms with Gasteiger partial charge in [-0.05, 0) is 12.8 Å². The molecule has 0 bridgehead atoms. The third-order valence-corrected chi connectivity index (χ3v) is 4.34. The number of nitrogens with one attached hydrogen (secondary N) is 1. The summed E-state index contributed by atoms with van der Waals surface area (Å²) >= 11 is 0. The van der Waals surface area contributed by atoms with Gasteiger partial charge in [0.15, 0.2) is 0 Å². The van der Waals surface area contributed by atoms with Gasteiger partial charge in [0.05, 0.1) is 17.0 Å². The van der Waals surface area contributed by atoms with E-state index in [0.29, 0.717) is 19.3 Å². The second-order valence-electron chi connectivity index (χ2n) is 3.66. The Morgan fingerprint density at radius 3 is 2.17 bits per heavy atom. The molecule has 1 spiro atoms. The summed E-state index contributed by atoms with van der Waals surface area (Å²) in [5.74, 6) is 0.509. The fourth-order valence-corrected chi connectivity index (χ4v) is 3.42. The maximum absolute atomic E-state index is 11.0. The van der Waals surface area contributed by atoms with Crippen molar-refractivity contribution >= 4 is 15.7 Å². The number of carbonyl (C=O) groups is 1. The summed E-state index contributed by atoms with van der Waals surface area (Å²) in [6.45, 7) is 0. The van der Waals surface area contributed by atoms with Crippen molar-refractivity contribution in [3.05, 3.63) is 0 Å². The Morgan fingerprint density at radius 2 is 1.75 bits per heavy atom. The zero-order valence-electron chi connectivity index (χ0n) is 6.67. The maximum Gasteiger partial charge on any atom is 0.222 e. The monoisotopic (exact) mass is 189 g/mol. The molecule has 2 heterocycles. The number of amides is 1. The first kappa shape index (κ1) is 8.04. The first-order valence-corrected chi connectivity index (χ1v) is 5.85. The summed E-state index contributed by atoms with van der Waals surface area (Å²) in [5, 5.41) is 2.79. The molecule has 2 fully saturated rings. The van der Waals surface area contributed by atoms with Gasteiger partial charge in [0.25, 0.3) is 0 Å². The van der Waals surface area contributed by atoms with Gasteiger partial charge >= 0.3 is 0 Å². The molecular weight excluding hydrogens is 178 g/mol. The first-order chi connectivity index (χ1) is 5.52. The molecule has 0 aromatic heterocycles. The van der Waals surface area contributed by atoms with Crippen LogP contribution in [0.1, 0.15) is 19.3 Å². The van der Waals surface area contributed by atoms with E-state index in [2.05, 4.69) is 5.32 Å². The van der Waals surface area contributed by atoms with Gasteiger partial charge in [0.2, 0.25) is 5.91 Å². The van der Waals surface area contributed by atoms with Crippen molar-refractivity contribution in [3.63, 3.8) is 0 Å². The fourth-order valence-electron chi connectivity index (χ4n) is 1.82. The number of β-lactam (4-membered cyclic amide) rings is 1. The van der Waals surface area contributed by atoms with Crippen molar-refractivity contribution in [2.45, 2.75) is 24.8 Å². The Bertz CT molecular complexity index is 296. The molecule has 4 nitrogen and oxygen atoms in total. The zero-order valence-corrected chi connectivity index (χ0v) is 7.49. The van der Waals surface area contributed by atoms with E-state index in [-0.39, 0.29) is 23.0 Å². The van der Waals surface area contributed by atoms with Gasteiger partial charge in [-0.25, -0.2) is 8.42 Å². The average molecular weight is 189 g/mol. The second kappa shape index (κ2) is 2.22. The maximum atomic E-state index is 11.0. The summed E-state index contributed by atoms with van der Waals surface area (Å²) < 4.78 is 22.1. The Kier molecular flexibility index (Phi) is 1.49. The summed E-state index contributed by atoms with van der Waals surface area (Å²) in [6.07, 6.45) is 1.71. The van der Waals surface area contributed by atoms with Gasteiger partial charge in [-0.15, -0.1) is 0 Å². The standard InChI is InChI=1S/C7H11NO3S/c9-6-5-7(8-6)1-3-12(10,11)4-2-7/h1-5H2,(H,8,9). The van der Waals surface area contributed by atoms with E-state index in [9.17, 15) is 13.2 Å². The predicted octanol–water partition coefficient (Wildman–Crippen LogP) is -0.546. The van der Waals surface area contributed by atoms with Crippen LogP contribution in [0.5, 0.6) is 0 Å². The highest BCUT2D eigenvalue weighted by Gasteiger charge is 2.46. The van der Waals surface area contributed by atoms with Crippen LogP contribution in [-0.2, 0) is 14.6 Å². The molecule has 5 heteroatoms. The Hall–Kier alpha value is -0.580. The third kappa shape index (κ3) is 1.22. The van der Waals surface area contributed by atoms with Crippen molar-refractivity contribution < 1.29 is 13.2 Å². The van der Waals surface area contributed by atoms with Crippen LogP contribution in [0, 0.1) is 0 Å². The summed E-state index contributed by atoms with van der Waals surface area (Å²) in [4.78, 5) is 10.7. The molecule has 0 saturated carbocycles. The van der Waals surface area contributed by atoms with Crippen LogP contribution >= 0.6 is 0 Å². The van der Waals surface area contributed by atoms with Crippen LogP contribution in [-0.4, -0.2) is 31.4 Å². The largest absolute Gasteiger partial charge is 0.350 e. The number of hydrogen-bond donors (Lipinski definition) is 1. The molecule has 2 aliphatic rings. The van der Waals surface area contributed by atoms with E-state index in [1.165, 1.54) is 0 Å². The van der Waals surface area contributed by atoms with Gasteiger partial charge in [-0.1, -0.05) is 0 Å². The number of sulfone groups is 1. The quantitative estimate of drug-likeness (QED) is 0.520. The van der Waals surface area contributed by atoms with Gasteiger partial charge in [0, 0.05) is 6.42 Å². The lowest BCUT2D eigenvalue weighted by Crippen LogP contribution is -2.63. The Labute approximate surface area is 71.3 Å². The van der Waals surface area contributed by atoms with Crippen molar-refractivity contribution in [3.8, 4) is 0 Å². The van der Waals surface area contributed by atoms with Crippen molar-refractivity contribution in [2.24, 2.45) is 0 Å². The van der Waals surface area contributed by atoms with Crippen molar-refractivity contribution in [1.29, 1.82) is 0 Å². The van der Waals surface area contributed by atoms with Crippen LogP contribution < -0.4 is 5.32 Å². The number of rotatable bonds is 0. The minimum Gasteiger partial charge on any atom is -0.350 e. The molecule has 0 aliphatic carbocycles. The normalized spacial score (nSPS) is 30.8. The number of carbonyl (C=O) groups excluding carboxylic acids is 1. The molecule has 68 valence electrons. The van der Waals surface area contributed by atoms with Crippen LogP contribution in [0.4, 0.5) is 0 Å². The molecule has 0 atom stereocenters. The van der Waals surface area contributed by atoms with Crippen LogP contribution in [0.15, 0.2) is 0 Å². The van der Waals surface area contributed by atoms with Crippen LogP contribution in [0.2, 0.25) is 0 Å². The van der Waals surface area contributed by atoms with E-state index in [0.717, 1.165) is 0 Å². The van der Waals surface area contributed by atoms with Gasteiger partial charge < -0.3 is 5.32 Å². The SMILES string of the molecule is O=C1CC2(CCS(=O)(=O)CC2)N1. The van der Waals surface area contributed by atoms with Gasteiger partial charge in [-0.2, -0.15) is 0 Å². The number of hydrogen-bond acceptors (Lipinski definition) is 3. The lowest BCUT2D eigenvalue weighted by molar-refractivity contribution is -0.133. The smallest absolute Gasteiger partial charge is 0.222 e. The van der Waals surface area contributed by atoms with E-state index in [1.807, 2.05) is 0 Å². The summed E-state index contributed by atoms with van der Waals surface area (Å²) in [6, 6.07) is 0. The zero-order chi connectivity index (χ0) is 8.82. The minimum atomic E-state index is -2.80. The molecule has 0 aromatic carbocycles. The molecule has 2 saturated heterocycles. The first-order valence-electron chi connectivity index (χ1n) is 4.03. The Morgan fingerprint density at radius 1 is 1.25 bits per heavy atom. The van der Waals surface area contributed by atoms with Gasteiger partial charge in [-0.3, -0.25) is 4.79 Å². The Balaban J connectivity index is 2.04. The lowest BCUT2D eigenvalue weighted by atomic mass is 9.82. The fraction of sp³-hybridized carbons (Fsp3) is 0.857. The molecule has 2 rings (SSSR count). The summed E-state index contributed by atoms with van der Waals surface area (Å²) in [5.41, 5.74) is -0.150. The molecule has 12 heavy (non-hydrogen) atoms. The van der Waals surface area contributed by atoms with E-state index in [1.54, 1.807) is 0 Å². The lowest BCUT2D eigenvalue weighted by Gasteiger charge is -2.44. The molecule has 2 aliphatic heterocycles. The topological polar surface area (TPSA) is 63.2 Å². The van der Waals surface area contributed by atoms with E-state index < -0.39 is 9.84 Å². The molecular formula is C7H11NO3S. The van der Waals surface area contributed by atoms with Crippen LogP contribution in [0.25, 0.3) is 0 Å². The highest BCUT2D eigenvalue weighted by Crippen LogP contribution is 2.32. The highest BCUT2D eigenvalue weighted by molar-refractivity contribution is 7.91. The minimum absolute atomic E-state index is 0.0503. The van der Waals surface area contributed by atoms with Crippen molar-refractivity contribution in [2.75, 3.05) is 11.5 Å². The molecule has 0 radical (unpaired) electrons. The molecule has 1 amide bonds. The average Bonchev–Trinajstić information content (AvgIpc) is 1.92. The molecule has 1 N–H and O–H groups in total. The summed E-state index contributed by atoms with van der Waals surface area (Å²) in [7, 11) is -2.80. The van der Waals surface area contributed by atoms with E-state index in [4.69, 9.17) is 0 Å². The molecule has 0 aromatic rings. The predicted molar refractivity (Wildman–Crippen MR) is 43.4 cm³/mol. The van der Waals surface area contributed by atoms with Crippen LogP contribution in [0.3, 0.4) is 0 Å².